The van der Waals surface area contributed by atoms with Crippen LogP contribution in [0, 0.1) is 0 Å². The average molecular weight is 286 g/mol. The minimum atomic E-state index is -0.933. The SMILES string of the molecule is O=C(O)C1=CNc2ccc(Cl)cc2C1c1ccccc1. The molecule has 0 aromatic heterocycles. The molecule has 3 rings (SSSR count). The highest BCUT2D eigenvalue weighted by Crippen LogP contribution is 2.40. The molecule has 1 heterocycles. The van der Waals surface area contributed by atoms with Gasteiger partial charge in [0.2, 0.25) is 0 Å². The number of halogens is 1. The summed E-state index contributed by atoms with van der Waals surface area (Å²) in [5, 5.41) is 13.0. The molecule has 20 heavy (non-hydrogen) atoms. The summed E-state index contributed by atoms with van der Waals surface area (Å²) in [5.74, 6) is -1.25. The van der Waals surface area contributed by atoms with E-state index in [1.807, 2.05) is 42.5 Å². The molecule has 0 aliphatic carbocycles. The van der Waals surface area contributed by atoms with E-state index in [0.717, 1.165) is 16.8 Å². The molecule has 0 amide bonds. The second-order valence-electron chi connectivity index (χ2n) is 4.62. The minimum absolute atomic E-state index is 0.311. The fourth-order valence-electron chi connectivity index (χ4n) is 2.50. The summed E-state index contributed by atoms with van der Waals surface area (Å²) in [6.07, 6.45) is 1.55. The molecule has 0 saturated carbocycles. The third-order valence-electron chi connectivity index (χ3n) is 3.40. The first-order chi connectivity index (χ1) is 9.66. The Kier molecular flexibility index (Phi) is 3.20. The molecule has 4 heteroatoms. The first kappa shape index (κ1) is 12.8. The Morgan fingerprint density at radius 2 is 1.90 bits per heavy atom. The van der Waals surface area contributed by atoms with Gasteiger partial charge in [-0.2, -0.15) is 0 Å². The van der Waals surface area contributed by atoms with Crippen LogP contribution in [0.15, 0.2) is 60.3 Å². The summed E-state index contributed by atoms with van der Waals surface area (Å²) < 4.78 is 0. The molecule has 0 fully saturated rings. The van der Waals surface area contributed by atoms with Gasteiger partial charge in [-0.1, -0.05) is 41.9 Å². The lowest BCUT2D eigenvalue weighted by Crippen LogP contribution is -2.19. The van der Waals surface area contributed by atoms with Crippen LogP contribution in [0.2, 0.25) is 5.02 Å². The van der Waals surface area contributed by atoms with Crippen molar-refractivity contribution < 1.29 is 9.90 Å². The van der Waals surface area contributed by atoms with Crippen LogP contribution in [0.3, 0.4) is 0 Å². The zero-order valence-electron chi connectivity index (χ0n) is 10.5. The Bertz CT molecular complexity index is 695. The number of hydrogen-bond acceptors (Lipinski definition) is 2. The third-order valence-corrected chi connectivity index (χ3v) is 3.63. The molecule has 2 aromatic carbocycles. The quantitative estimate of drug-likeness (QED) is 0.881. The van der Waals surface area contributed by atoms with Crippen LogP contribution < -0.4 is 5.32 Å². The molecule has 0 radical (unpaired) electrons. The van der Waals surface area contributed by atoms with E-state index in [1.165, 1.54) is 0 Å². The van der Waals surface area contributed by atoms with E-state index in [4.69, 9.17) is 11.6 Å². The predicted molar refractivity (Wildman–Crippen MR) is 79.1 cm³/mol. The van der Waals surface area contributed by atoms with Gasteiger partial charge in [0.05, 0.1) is 5.57 Å². The first-order valence-electron chi connectivity index (χ1n) is 6.21. The van der Waals surface area contributed by atoms with Crippen molar-refractivity contribution in [2.75, 3.05) is 5.32 Å². The second-order valence-corrected chi connectivity index (χ2v) is 5.06. The van der Waals surface area contributed by atoms with E-state index in [1.54, 1.807) is 12.3 Å². The number of aliphatic carboxylic acids is 1. The van der Waals surface area contributed by atoms with Crippen molar-refractivity contribution in [3.05, 3.63) is 76.5 Å². The second kappa shape index (κ2) is 5.02. The summed E-state index contributed by atoms with van der Waals surface area (Å²) >= 11 is 6.06. The molecule has 0 saturated heterocycles. The van der Waals surface area contributed by atoms with Crippen LogP contribution in [0.1, 0.15) is 17.0 Å². The van der Waals surface area contributed by atoms with Gasteiger partial charge < -0.3 is 10.4 Å². The Hall–Kier alpha value is -2.26. The lowest BCUT2D eigenvalue weighted by atomic mass is 9.82. The maximum absolute atomic E-state index is 11.5. The summed E-state index contributed by atoms with van der Waals surface area (Å²) in [5.41, 5.74) is 3.01. The predicted octanol–water partition coefficient (Wildman–Crippen LogP) is 3.87. The van der Waals surface area contributed by atoms with Crippen molar-refractivity contribution in [1.29, 1.82) is 0 Å². The zero-order chi connectivity index (χ0) is 14.1. The molecular weight excluding hydrogens is 274 g/mol. The Balaban J connectivity index is 2.20. The van der Waals surface area contributed by atoms with Gasteiger partial charge in [0, 0.05) is 22.8 Å². The van der Waals surface area contributed by atoms with Crippen LogP contribution in [0.5, 0.6) is 0 Å². The van der Waals surface area contributed by atoms with Crippen LogP contribution in [0.4, 0.5) is 5.69 Å². The number of anilines is 1. The normalized spacial score (nSPS) is 16.9. The Labute approximate surface area is 121 Å². The fraction of sp³-hybridized carbons (Fsp3) is 0.0625. The first-order valence-corrected chi connectivity index (χ1v) is 6.59. The Morgan fingerprint density at radius 3 is 2.60 bits per heavy atom. The number of fused-ring (bicyclic) bond motifs is 1. The van der Waals surface area contributed by atoms with Crippen LogP contribution in [-0.2, 0) is 4.79 Å². The molecule has 100 valence electrons. The van der Waals surface area contributed by atoms with Gasteiger partial charge in [-0.25, -0.2) is 4.79 Å². The maximum Gasteiger partial charge on any atom is 0.334 e. The highest BCUT2D eigenvalue weighted by molar-refractivity contribution is 6.30. The zero-order valence-corrected chi connectivity index (χ0v) is 11.3. The van der Waals surface area contributed by atoms with Crippen molar-refractivity contribution in [3.8, 4) is 0 Å². The smallest absolute Gasteiger partial charge is 0.334 e. The van der Waals surface area contributed by atoms with Gasteiger partial charge in [0.1, 0.15) is 0 Å². The van der Waals surface area contributed by atoms with Crippen molar-refractivity contribution in [1.82, 2.24) is 0 Å². The standard InChI is InChI=1S/C16H12ClNO2/c17-11-6-7-14-12(8-11)15(10-4-2-1-3-5-10)13(9-18-14)16(19)20/h1-9,15,18H,(H,19,20). The Morgan fingerprint density at radius 1 is 1.15 bits per heavy atom. The summed E-state index contributed by atoms with van der Waals surface area (Å²) in [6.45, 7) is 0. The van der Waals surface area contributed by atoms with Crippen molar-refractivity contribution in [3.63, 3.8) is 0 Å². The van der Waals surface area contributed by atoms with Gasteiger partial charge in [0.15, 0.2) is 0 Å². The molecule has 3 nitrogen and oxygen atoms in total. The van der Waals surface area contributed by atoms with E-state index in [-0.39, 0.29) is 5.92 Å². The highest BCUT2D eigenvalue weighted by atomic mass is 35.5. The monoisotopic (exact) mass is 285 g/mol. The number of nitrogens with one attached hydrogen (secondary N) is 1. The van der Waals surface area contributed by atoms with Crippen LogP contribution in [0.25, 0.3) is 0 Å². The third kappa shape index (κ3) is 2.17. The largest absolute Gasteiger partial charge is 0.478 e. The summed E-state index contributed by atoms with van der Waals surface area (Å²) in [4.78, 5) is 11.5. The number of carboxylic acid groups (broad SMARTS) is 1. The number of benzene rings is 2. The number of rotatable bonds is 2. The summed E-state index contributed by atoms with van der Waals surface area (Å²) in [6, 6.07) is 15.0. The van der Waals surface area contributed by atoms with Crippen molar-refractivity contribution >= 4 is 23.3 Å². The summed E-state index contributed by atoms with van der Waals surface area (Å²) in [7, 11) is 0. The van der Waals surface area contributed by atoms with E-state index in [9.17, 15) is 9.90 Å². The van der Waals surface area contributed by atoms with E-state index in [0.29, 0.717) is 10.6 Å². The van der Waals surface area contributed by atoms with Crippen molar-refractivity contribution in [2.24, 2.45) is 0 Å². The average Bonchev–Trinajstić information content (AvgIpc) is 2.46. The molecule has 1 unspecified atom stereocenters. The van der Waals surface area contributed by atoms with Gasteiger partial charge in [-0.15, -0.1) is 0 Å². The van der Waals surface area contributed by atoms with Crippen molar-refractivity contribution in [2.45, 2.75) is 5.92 Å². The molecule has 2 N–H and O–H groups in total. The van der Waals surface area contributed by atoms with Gasteiger partial charge in [0.25, 0.3) is 0 Å². The van der Waals surface area contributed by atoms with Gasteiger partial charge in [-0.05, 0) is 29.3 Å². The van der Waals surface area contributed by atoms with E-state index < -0.39 is 5.97 Å². The lowest BCUT2D eigenvalue weighted by Gasteiger charge is -2.26. The minimum Gasteiger partial charge on any atom is -0.478 e. The number of carboxylic acids is 1. The molecule has 1 aliphatic heterocycles. The highest BCUT2D eigenvalue weighted by Gasteiger charge is 2.29. The fourth-order valence-corrected chi connectivity index (χ4v) is 2.68. The molecule has 0 bridgehead atoms. The number of hydrogen-bond donors (Lipinski definition) is 2. The maximum atomic E-state index is 11.5. The molecule has 2 aromatic rings. The van der Waals surface area contributed by atoms with E-state index in [2.05, 4.69) is 5.32 Å². The molecular formula is C16H12ClNO2. The molecule has 0 spiro atoms. The van der Waals surface area contributed by atoms with Crippen LogP contribution in [-0.4, -0.2) is 11.1 Å². The van der Waals surface area contributed by atoms with Gasteiger partial charge >= 0.3 is 5.97 Å². The lowest BCUT2D eigenvalue weighted by molar-refractivity contribution is -0.132. The topological polar surface area (TPSA) is 49.3 Å². The number of carbonyl (C=O) groups is 1. The van der Waals surface area contributed by atoms with E-state index >= 15 is 0 Å². The molecule has 1 atom stereocenters. The van der Waals surface area contributed by atoms with Gasteiger partial charge in [-0.3, -0.25) is 0 Å². The molecule has 1 aliphatic rings. The van der Waals surface area contributed by atoms with Crippen LogP contribution >= 0.6 is 11.6 Å².